The van der Waals surface area contributed by atoms with Gasteiger partial charge in [-0.15, -0.1) is 11.3 Å². The van der Waals surface area contributed by atoms with Gasteiger partial charge >= 0.3 is 0 Å². The Morgan fingerprint density at radius 1 is 1.29 bits per heavy atom. The Morgan fingerprint density at radius 3 is 2.83 bits per heavy atom. The Hall–Kier alpha value is -1.31. The van der Waals surface area contributed by atoms with Gasteiger partial charge in [0.25, 0.3) is 0 Å². The highest BCUT2D eigenvalue weighted by molar-refractivity contribution is 7.09. The van der Waals surface area contributed by atoms with Gasteiger partial charge in [-0.25, -0.2) is 4.98 Å². The molecule has 130 valence electrons. The van der Waals surface area contributed by atoms with E-state index in [2.05, 4.69) is 41.2 Å². The van der Waals surface area contributed by atoms with Crippen molar-refractivity contribution in [1.82, 2.24) is 20.0 Å². The zero-order valence-electron chi connectivity index (χ0n) is 14.5. The first-order valence-corrected chi connectivity index (χ1v) is 9.49. The van der Waals surface area contributed by atoms with Crippen molar-refractivity contribution in [3.8, 4) is 0 Å². The zero-order chi connectivity index (χ0) is 16.7. The second-order valence-electron chi connectivity index (χ2n) is 7.74. The molecule has 2 aliphatic rings. The van der Waals surface area contributed by atoms with E-state index in [1.54, 1.807) is 11.3 Å². The van der Waals surface area contributed by atoms with Crippen molar-refractivity contribution in [1.29, 1.82) is 0 Å². The number of aromatic nitrogens is 3. The van der Waals surface area contributed by atoms with Crippen molar-refractivity contribution >= 4 is 11.3 Å². The summed E-state index contributed by atoms with van der Waals surface area (Å²) in [6.45, 7) is 9.66. The van der Waals surface area contributed by atoms with Gasteiger partial charge in [0.15, 0.2) is 5.82 Å². The van der Waals surface area contributed by atoms with Crippen LogP contribution in [0.15, 0.2) is 9.90 Å². The number of nitrogens with zero attached hydrogens (tertiary/aromatic N) is 4. The third-order valence-corrected chi connectivity index (χ3v) is 5.44. The smallest absolute Gasteiger partial charge is 0.240 e. The number of rotatable bonds is 4. The van der Waals surface area contributed by atoms with Crippen LogP contribution in [0, 0.1) is 0 Å². The molecule has 1 saturated heterocycles. The molecule has 0 spiro atoms. The lowest BCUT2D eigenvalue weighted by molar-refractivity contribution is -0.0357. The molecule has 1 aliphatic carbocycles. The second kappa shape index (κ2) is 6.20. The van der Waals surface area contributed by atoms with E-state index in [0.717, 1.165) is 29.6 Å². The van der Waals surface area contributed by atoms with Crippen molar-refractivity contribution in [3.05, 3.63) is 27.8 Å². The van der Waals surface area contributed by atoms with Gasteiger partial charge in [0.1, 0.15) is 11.1 Å². The van der Waals surface area contributed by atoms with Gasteiger partial charge in [0.2, 0.25) is 5.89 Å². The summed E-state index contributed by atoms with van der Waals surface area (Å²) < 4.78 is 11.4. The van der Waals surface area contributed by atoms with Crippen LogP contribution in [0.2, 0.25) is 0 Å². The molecule has 0 aromatic carbocycles. The number of morpholine rings is 1. The molecule has 1 unspecified atom stereocenters. The molecule has 0 amide bonds. The van der Waals surface area contributed by atoms with Gasteiger partial charge < -0.3 is 9.26 Å². The summed E-state index contributed by atoms with van der Waals surface area (Å²) in [6, 6.07) is 0. The normalized spacial score (nSPS) is 22.9. The monoisotopic (exact) mass is 348 g/mol. The third kappa shape index (κ3) is 3.53. The molecule has 24 heavy (non-hydrogen) atoms. The summed E-state index contributed by atoms with van der Waals surface area (Å²) in [5.74, 6) is 2.13. The summed E-state index contributed by atoms with van der Waals surface area (Å²) in [7, 11) is 0. The molecule has 1 atom stereocenters. The maximum absolute atomic E-state index is 5.95. The van der Waals surface area contributed by atoms with Crippen LogP contribution in [0.4, 0.5) is 0 Å². The highest BCUT2D eigenvalue weighted by atomic mass is 32.1. The fraction of sp³-hybridized carbons (Fsp3) is 0.706. The average Bonchev–Trinajstić information content (AvgIpc) is 3.08. The van der Waals surface area contributed by atoms with Gasteiger partial charge in [-0.1, -0.05) is 25.9 Å². The minimum Gasteiger partial charge on any atom is -0.368 e. The Labute approximate surface area is 146 Å². The molecule has 0 N–H and O–H groups in total. The van der Waals surface area contributed by atoms with Crippen molar-refractivity contribution < 1.29 is 9.26 Å². The minimum absolute atomic E-state index is 0.0330. The Balaban J connectivity index is 1.40. The lowest BCUT2D eigenvalue weighted by atomic mass is 9.93. The summed E-state index contributed by atoms with van der Waals surface area (Å²) in [6.07, 6.45) is 2.42. The van der Waals surface area contributed by atoms with E-state index < -0.39 is 0 Å². The van der Waals surface area contributed by atoms with Crippen LogP contribution in [0.3, 0.4) is 0 Å². The molecule has 0 radical (unpaired) electrons. The number of hydrogen-bond acceptors (Lipinski definition) is 7. The van der Waals surface area contributed by atoms with E-state index in [0.29, 0.717) is 25.0 Å². The quantitative estimate of drug-likeness (QED) is 0.845. The van der Waals surface area contributed by atoms with Crippen LogP contribution in [-0.2, 0) is 16.7 Å². The first-order valence-electron chi connectivity index (χ1n) is 8.61. The molecule has 4 rings (SSSR count). The molecule has 2 fully saturated rings. The molecule has 2 aromatic rings. The zero-order valence-corrected chi connectivity index (χ0v) is 15.3. The summed E-state index contributed by atoms with van der Waals surface area (Å²) in [5, 5.41) is 7.31. The fourth-order valence-electron chi connectivity index (χ4n) is 2.81. The SMILES string of the molecule is CC(C)(C)c1csc(C2CN(Cc3nc(C4CC4)no3)CCO2)n1. The first-order chi connectivity index (χ1) is 11.5. The van der Waals surface area contributed by atoms with Crippen molar-refractivity contribution in [2.24, 2.45) is 0 Å². The largest absolute Gasteiger partial charge is 0.368 e. The molecule has 1 aliphatic heterocycles. The van der Waals surface area contributed by atoms with Crippen LogP contribution in [0.1, 0.15) is 68.1 Å². The highest BCUT2D eigenvalue weighted by Crippen LogP contribution is 2.38. The first kappa shape index (κ1) is 16.2. The molecule has 1 saturated carbocycles. The fourth-order valence-corrected chi connectivity index (χ4v) is 3.89. The lowest BCUT2D eigenvalue weighted by Crippen LogP contribution is -2.37. The molecule has 3 heterocycles. The highest BCUT2D eigenvalue weighted by Gasteiger charge is 2.30. The van der Waals surface area contributed by atoms with E-state index in [4.69, 9.17) is 14.2 Å². The molecule has 2 aromatic heterocycles. The maximum atomic E-state index is 5.95. The van der Waals surface area contributed by atoms with Crippen LogP contribution >= 0.6 is 11.3 Å². The van der Waals surface area contributed by atoms with E-state index in [-0.39, 0.29) is 11.5 Å². The predicted octanol–water partition coefficient (Wildman–Crippen LogP) is 3.27. The van der Waals surface area contributed by atoms with Gasteiger partial charge in [-0.05, 0) is 12.8 Å². The van der Waals surface area contributed by atoms with Crippen molar-refractivity contribution in [2.45, 2.75) is 57.6 Å². The lowest BCUT2D eigenvalue weighted by Gasteiger charge is -2.30. The van der Waals surface area contributed by atoms with Gasteiger partial charge in [0.05, 0.1) is 18.8 Å². The van der Waals surface area contributed by atoms with Gasteiger partial charge in [-0.3, -0.25) is 4.90 Å². The van der Waals surface area contributed by atoms with E-state index >= 15 is 0 Å². The van der Waals surface area contributed by atoms with Gasteiger partial charge in [-0.2, -0.15) is 4.98 Å². The molecule has 0 bridgehead atoms. The topological polar surface area (TPSA) is 64.3 Å². The third-order valence-electron chi connectivity index (χ3n) is 4.50. The summed E-state index contributed by atoms with van der Waals surface area (Å²) in [5.41, 5.74) is 1.21. The molecule has 6 nitrogen and oxygen atoms in total. The van der Waals surface area contributed by atoms with Crippen LogP contribution < -0.4 is 0 Å². The van der Waals surface area contributed by atoms with Crippen LogP contribution in [0.25, 0.3) is 0 Å². The number of ether oxygens (including phenoxy) is 1. The van der Waals surface area contributed by atoms with E-state index in [1.807, 2.05) is 0 Å². The molecule has 7 heteroatoms. The van der Waals surface area contributed by atoms with E-state index in [1.165, 1.54) is 12.8 Å². The minimum atomic E-state index is 0.0330. The average molecular weight is 348 g/mol. The number of thiazole rings is 1. The van der Waals surface area contributed by atoms with Crippen molar-refractivity contribution in [3.63, 3.8) is 0 Å². The molecular formula is C17H24N4O2S. The Bertz CT molecular complexity index is 702. The second-order valence-corrected chi connectivity index (χ2v) is 8.63. The Kier molecular flexibility index (Phi) is 4.18. The summed E-state index contributed by atoms with van der Waals surface area (Å²) >= 11 is 1.69. The maximum Gasteiger partial charge on any atom is 0.240 e. The standard InChI is InChI=1S/C17H24N4O2S/c1-17(2,3)13-10-24-16(18-13)12-8-21(6-7-22-12)9-14-19-15(20-23-14)11-4-5-11/h10-12H,4-9H2,1-3H3. The predicted molar refractivity (Wildman–Crippen MR) is 91.1 cm³/mol. The van der Waals surface area contributed by atoms with E-state index in [9.17, 15) is 0 Å². The summed E-state index contributed by atoms with van der Waals surface area (Å²) in [4.78, 5) is 11.6. The molecular weight excluding hydrogens is 324 g/mol. The Morgan fingerprint density at radius 2 is 2.12 bits per heavy atom. The van der Waals surface area contributed by atoms with Crippen LogP contribution in [-0.4, -0.2) is 39.7 Å². The van der Waals surface area contributed by atoms with Crippen LogP contribution in [0.5, 0.6) is 0 Å². The van der Waals surface area contributed by atoms with Crippen molar-refractivity contribution in [2.75, 3.05) is 19.7 Å². The van der Waals surface area contributed by atoms with Gasteiger partial charge in [0, 0.05) is 29.8 Å². The number of hydrogen-bond donors (Lipinski definition) is 0.